The molecule has 2 aromatic rings. The van der Waals surface area contributed by atoms with Crippen LogP contribution < -0.4 is 10.6 Å². The molecule has 1 aromatic heterocycles. The second kappa shape index (κ2) is 5.45. The lowest BCUT2D eigenvalue weighted by Crippen LogP contribution is -2.49. The van der Waals surface area contributed by atoms with E-state index in [4.69, 9.17) is 10.5 Å². The van der Waals surface area contributed by atoms with E-state index in [-0.39, 0.29) is 6.04 Å². The third-order valence-corrected chi connectivity index (χ3v) is 4.20. The Morgan fingerprint density at radius 2 is 2.26 bits per heavy atom. The summed E-state index contributed by atoms with van der Waals surface area (Å²) < 4.78 is 6.59. The highest BCUT2D eigenvalue weighted by Crippen LogP contribution is 2.31. The van der Waals surface area contributed by atoms with Crippen molar-refractivity contribution in [2.45, 2.75) is 6.04 Å². The molecule has 1 aliphatic rings. The van der Waals surface area contributed by atoms with Gasteiger partial charge in [-0.15, -0.1) is 0 Å². The van der Waals surface area contributed by atoms with E-state index in [1.165, 1.54) is 5.39 Å². The molecule has 2 N–H and O–H groups in total. The van der Waals surface area contributed by atoms with Crippen molar-refractivity contribution in [2.75, 3.05) is 31.2 Å². The van der Waals surface area contributed by atoms with Crippen LogP contribution >= 0.6 is 15.9 Å². The number of benzene rings is 1. The second-order valence-corrected chi connectivity index (χ2v) is 5.48. The quantitative estimate of drug-likeness (QED) is 0.921. The molecule has 0 aliphatic carbocycles. The van der Waals surface area contributed by atoms with Crippen molar-refractivity contribution in [2.24, 2.45) is 5.73 Å². The number of fused-ring (bicyclic) bond motifs is 1. The van der Waals surface area contributed by atoms with E-state index in [9.17, 15) is 0 Å². The molecule has 0 saturated carbocycles. The van der Waals surface area contributed by atoms with Gasteiger partial charge in [-0.2, -0.15) is 0 Å². The number of ether oxygens (including phenoxy) is 1. The van der Waals surface area contributed by atoms with Crippen LogP contribution in [0.15, 0.2) is 34.9 Å². The number of pyridine rings is 1. The zero-order chi connectivity index (χ0) is 13.2. The highest BCUT2D eigenvalue weighted by molar-refractivity contribution is 9.10. The predicted octanol–water partition coefficient (Wildman–Crippen LogP) is 2.16. The van der Waals surface area contributed by atoms with Gasteiger partial charge < -0.3 is 15.4 Å². The van der Waals surface area contributed by atoms with Crippen LogP contribution in [0.2, 0.25) is 0 Å². The van der Waals surface area contributed by atoms with E-state index < -0.39 is 0 Å². The highest BCUT2D eigenvalue weighted by Gasteiger charge is 2.24. The highest BCUT2D eigenvalue weighted by atomic mass is 79.9. The van der Waals surface area contributed by atoms with E-state index in [1.54, 1.807) is 0 Å². The summed E-state index contributed by atoms with van der Waals surface area (Å²) >= 11 is 3.59. The lowest BCUT2D eigenvalue weighted by atomic mass is 10.1. The van der Waals surface area contributed by atoms with Crippen LogP contribution in [0.5, 0.6) is 0 Å². The Bertz CT molecular complexity index is 590. The largest absolute Gasteiger partial charge is 0.377 e. The average molecular weight is 322 g/mol. The molecule has 100 valence electrons. The number of anilines is 1. The summed E-state index contributed by atoms with van der Waals surface area (Å²) in [5.41, 5.74) is 5.85. The first-order valence-electron chi connectivity index (χ1n) is 6.39. The maximum absolute atomic E-state index is 5.85. The normalized spacial score (nSPS) is 19.9. The fraction of sp³-hybridized carbons (Fsp3) is 0.357. The molecule has 19 heavy (non-hydrogen) atoms. The second-order valence-electron chi connectivity index (χ2n) is 4.63. The van der Waals surface area contributed by atoms with Crippen molar-refractivity contribution in [1.82, 2.24) is 4.98 Å². The van der Waals surface area contributed by atoms with Gasteiger partial charge in [0.2, 0.25) is 0 Å². The summed E-state index contributed by atoms with van der Waals surface area (Å²) in [6.45, 7) is 2.80. The summed E-state index contributed by atoms with van der Waals surface area (Å²) in [4.78, 5) is 6.83. The van der Waals surface area contributed by atoms with Crippen molar-refractivity contribution in [1.29, 1.82) is 0 Å². The van der Waals surface area contributed by atoms with Crippen LogP contribution in [0.3, 0.4) is 0 Å². The fourth-order valence-electron chi connectivity index (χ4n) is 2.51. The van der Waals surface area contributed by atoms with Crippen molar-refractivity contribution < 1.29 is 4.74 Å². The maximum Gasteiger partial charge on any atom is 0.136 e. The first kappa shape index (κ1) is 12.8. The minimum Gasteiger partial charge on any atom is -0.377 e. The number of hydrogen-bond donors (Lipinski definition) is 1. The number of aromatic nitrogens is 1. The SMILES string of the molecule is NCC1COCCN1c1nccc2c(Br)cccc12. The first-order valence-corrected chi connectivity index (χ1v) is 7.18. The Morgan fingerprint density at radius 3 is 3.11 bits per heavy atom. The molecule has 3 rings (SSSR count). The van der Waals surface area contributed by atoms with E-state index in [2.05, 4.69) is 31.9 Å². The van der Waals surface area contributed by atoms with Gasteiger partial charge in [0.15, 0.2) is 0 Å². The molecule has 1 fully saturated rings. The van der Waals surface area contributed by atoms with Crippen molar-refractivity contribution in [3.63, 3.8) is 0 Å². The number of nitrogens with zero attached hydrogens (tertiary/aromatic N) is 2. The van der Waals surface area contributed by atoms with Crippen molar-refractivity contribution in [3.05, 3.63) is 34.9 Å². The Balaban J connectivity index is 2.11. The molecule has 1 atom stereocenters. The molecular weight excluding hydrogens is 306 g/mol. The summed E-state index contributed by atoms with van der Waals surface area (Å²) in [5, 5.41) is 2.33. The Hall–Kier alpha value is -1.17. The van der Waals surface area contributed by atoms with E-state index in [1.807, 2.05) is 24.4 Å². The zero-order valence-corrected chi connectivity index (χ0v) is 12.1. The van der Waals surface area contributed by atoms with Gasteiger partial charge in [-0.3, -0.25) is 0 Å². The van der Waals surface area contributed by atoms with Gasteiger partial charge in [0.1, 0.15) is 5.82 Å². The minimum atomic E-state index is 0.200. The van der Waals surface area contributed by atoms with Crippen LogP contribution in [0, 0.1) is 0 Å². The average Bonchev–Trinajstić information content (AvgIpc) is 2.47. The molecule has 0 bridgehead atoms. The molecule has 1 aromatic carbocycles. The zero-order valence-electron chi connectivity index (χ0n) is 10.6. The monoisotopic (exact) mass is 321 g/mol. The maximum atomic E-state index is 5.85. The molecule has 0 amide bonds. The van der Waals surface area contributed by atoms with E-state index in [0.29, 0.717) is 13.2 Å². The molecule has 5 heteroatoms. The Labute approximate surface area is 120 Å². The molecule has 0 radical (unpaired) electrons. The van der Waals surface area contributed by atoms with E-state index in [0.717, 1.165) is 28.8 Å². The smallest absolute Gasteiger partial charge is 0.136 e. The lowest BCUT2D eigenvalue weighted by Gasteiger charge is -2.36. The third kappa shape index (κ3) is 2.33. The number of hydrogen-bond acceptors (Lipinski definition) is 4. The molecule has 2 heterocycles. The van der Waals surface area contributed by atoms with Gasteiger partial charge >= 0.3 is 0 Å². The summed E-state index contributed by atoms with van der Waals surface area (Å²) in [6, 6.07) is 8.42. The molecule has 1 saturated heterocycles. The summed E-state index contributed by atoms with van der Waals surface area (Å²) in [6.07, 6.45) is 1.85. The molecule has 4 nitrogen and oxygen atoms in total. The van der Waals surface area contributed by atoms with Crippen LogP contribution in [0.4, 0.5) is 5.82 Å². The molecule has 0 spiro atoms. The van der Waals surface area contributed by atoms with Crippen LogP contribution in [0.1, 0.15) is 0 Å². The van der Waals surface area contributed by atoms with Gasteiger partial charge in [-0.25, -0.2) is 4.98 Å². The topological polar surface area (TPSA) is 51.4 Å². The first-order chi connectivity index (χ1) is 9.31. The number of rotatable bonds is 2. The lowest BCUT2D eigenvalue weighted by molar-refractivity contribution is 0.0960. The van der Waals surface area contributed by atoms with Gasteiger partial charge in [-0.05, 0) is 12.1 Å². The van der Waals surface area contributed by atoms with Gasteiger partial charge in [0.25, 0.3) is 0 Å². The number of halogens is 1. The van der Waals surface area contributed by atoms with Gasteiger partial charge in [0, 0.05) is 34.5 Å². The van der Waals surface area contributed by atoms with Crippen LogP contribution in [-0.2, 0) is 4.74 Å². The molecular formula is C14H16BrN3O. The predicted molar refractivity (Wildman–Crippen MR) is 80.5 cm³/mol. The number of morpholine rings is 1. The summed E-state index contributed by atoms with van der Waals surface area (Å²) in [7, 11) is 0. The minimum absolute atomic E-state index is 0.200. The molecule has 1 unspecified atom stereocenters. The van der Waals surface area contributed by atoms with Crippen molar-refractivity contribution >= 4 is 32.5 Å². The van der Waals surface area contributed by atoms with Gasteiger partial charge in [-0.1, -0.05) is 28.1 Å². The van der Waals surface area contributed by atoms with Crippen molar-refractivity contribution in [3.8, 4) is 0 Å². The van der Waals surface area contributed by atoms with Crippen LogP contribution in [-0.4, -0.2) is 37.3 Å². The van der Waals surface area contributed by atoms with Gasteiger partial charge in [0.05, 0.1) is 19.3 Å². The Morgan fingerprint density at radius 1 is 1.37 bits per heavy atom. The summed E-state index contributed by atoms with van der Waals surface area (Å²) in [5.74, 6) is 0.998. The third-order valence-electron chi connectivity index (χ3n) is 3.50. The standard InChI is InChI=1S/C14H16BrN3O/c15-13-3-1-2-12-11(13)4-5-17-14(12)18-6-7-19-9-10(18)8-16/h1-5,10H,6-9,16H2. The number of nitrogens with two attached hydrogens (primary N) is 1. The van der Waals surface area contributed by atoms with E-state index >= 15 is 0 Å². The fourth-order valence-corrected chi connectivity index (χ4v) is 3.01. The van der Waals surface area contributed by atoms with Crippen LogP contribution in [0.25, 0.3) is 10.8 Å². The molecule has 1 aliphatic heterocycles. The Kier molecular flexibility index (Phi) is 3.68.